The lowest BCUT2D eigenvalue weighted by atomic mass is 9.83. The van der Waals surface area contributed by atoms with Gasteiger partial charge in [0.15, 0.2) is 0 Å². The molecule has 0 amide bonds. The van der Waals surface area contributed by atoms with E-state index in [2.05, 4.69) is 6.07 Å². The molecule has 0 bridgehead atoms. The normalized spacial score (nSPS) is 16.1. The quantitative estimate of drug-likeness (QED) is 0.752. The lowest BCUT2D eigenvalue weighted by Crippen LogP contribution is -2.25. The van der Waals surface area contributed by atoms with Crippen molar-refractivity contribution in [2.45, 2.75) is 26.4 Å². The van der Waals surface area contributed by atoms with Gasteiger partial charge in [0, 0.05) is 0 Å². The molecule has 2 aromatic rings. The van der Waals surface area contributed by atoms with Gasteiger partial charge in [-0.05, 0) is 37.1 Å². The van der Waals surface area contributed by atoms with E-state index in [1.54, 1.807) is 19.9 Å². The summed E-state index contributed by atoms with van der Waals surface area (Å²) in [5.74, 6) is -0.298. The highest BCUT2D eigenvalue weighted by molar-refractivity contribution is 5.92. The van der Waals surface area contributed by atoms with Crippen LogP contribution in [0.25, 0.3) is 0 Å². The monoisotopic (exact) mass is 390 g/mol. The number of allylic oxidation sites excluding steroid dienone is 2. The average molecular weight is 390 g/mol. The van der Waals surface area contributed by atoms with E-state index in [4.69, 9.17) is 19.9 Å². The molecule has 0 saturated heterocycles. The van der Waals surface area contributed by atoms with Gasteiger partial charge in [0.1, 0.15) is 29.8 Å². The number of ether oxygens (including phenoxy) is 3. The zero-order chi connectivity index (χ0) is 20.8. The summed E-state index contributed by atoms with van der Waals surface area (Å²) in [6.07, 6.45) is 0. The molecule has 29 heavy (non-hydrogen) atoms. The van der Waals surface area contributed by atoms with E-state index in [1.807, 2.05) is 48.5 Å². The van der Waals surface area contributed by atoms with Crippen LogP contribution in [-0.2, 0) is 20.9 Å². The number of carbonyl (C=O) groups excluding carboxylic acids is 1. The van der Waals surface area contributed by atoms with Crippen LogP contribution in [0.5, 0.6) is 5.75 Å². The van der Waals surface area contributed by atoms with Crippen molar-refractivity contribution in [1.82, 2.24) is 0 Å². The van der Waals surface area contributed by atoms with Crippen molar-refractivity contribution < 1.29 is 19.0 Å². The summed E-state index contributed by atoms with van der Waals surface area (Å²) in [7, 11) is 0. The van der Waals surface area contributed by atoms with E-state index in [0.717, 1.165) is 5.56 Å². The Balaban J connectivity index is 1.95. The van der Waals surface area contributed by atoms with Crippen LogP contribution in [0.15, 0.2) is 77.4 Å². The van der Waals surface area contributed by atoms with Gasteiger partial charge in [-0.2, -0.15) is 5.26 Å². The molecule has 3 rings (SSSR count). The van der Waals surface area contributed by atoms with Crippen molar-refractivity contribution in [2.75, 3.05) is 6.61 Å². The van der Waals surface area contributed by atoms with Gasteiger partial charge < -0.3 is 19.9 Å². The standard InChI is InChI=1S/C23H22N2O4/c1-3-27-23(26)20-15(2)29-22(25)19(13-24)21(20)17-10-7-11-18(12-17)28-14-16-8-5-4-6-9-16/h4-12,21H,3,14,25H2,1-2H3. The van der Waals surface area contributed by atoms with Gasteiger partial charge in [0.25, 0.3) is 0 Å². The topological polar surface area (TPSA) is 94.6 Å². The number of hydrogen-bond acceptors (Lipinski definition) is 6. The van der Waals surface area contributed by atoms with Crippen LogP contribution in [0.2, 0.25) is 0 Å². The number of hydrogen-bond donors (Lipinski definition) is 1. The summed E-state index contributed by atoms with van der Waals surface area (Å²) in [6.45, 7) is 3.97. The minimum absolute atomic E-state index is 0.0151. The Morgan fingerprint density at radius 2 is 1.97 bits per heavy atom. The first-order chi connectivity index (χ1) is 14.0. The predicted octanol–water partition coefficient (Wildman–Crippen LogP) is 3.91. The molecule has 0 aliphatic carbocycles. The van der Waals surface area contributed by atoms with Crippen molar-refractivity contribution in [3.05, 3.63) is 88.5 Å². The minimum atomic E-state index is -0.687. The SMILES string of the molecule is CCOC(=O)C1=C(C)OC(N)=C(C#N)C1c1cccc(OCc2ccccc2)c1. The summed E-state index contributed by atoms with van der Waals surface area (Å²) >= 11 is 0. The first kappa shape index (κ1) is 20.0. The smallest absolute Gasteiger partial charge is 0.338 e. The molecule has 1 aliphatic rings. The zero-order valence-corrected chi connectivity index (χ0v) is 16.3. The van der Waals surface area contributed by atoms with Crippen LogP contribution in [0.1, 0.15) is 30.9 Å². The van der Waals surface area contributed by atoms with E-state index in [1.165, 1.54) is 0 Å². The van der Waals surface area contributed by atoms with Crippen LogP contribution in [0.3, 0.4) is 0 Å². The van der Waals surface area contributed by atoms with Gasteiger partial charge in [0.2, 0.25) is 5.88 Å². The Bertz CT molecular complexity index is 1000. The average Bonchev–Trinajstić information content (AvgIpc) is 2.73. The van der Waals surface area contributed by atoms with E-state index in [9.17, 15) is 10.1 Å². The largest absolute Gasteiger partial charge is 0.489 e. The predicted molar refractivity (Wildman–Crippen MR) is 107 cm³/mol. The van der Waals surface area contributed by atoms with Crippen molar-refractivity contribution in [3.8, 4) is 11.8 Å². The summed E-state index contributed by atoms with van der Waals surface area (Å²) in [6, 6.07) is 19.1. The van der Waals surface area contributed by atoms with Crippen LogP contribution >= 0.6 is 0 Å². The van der Waals surface area contributed by atoms with E-state index >= 15 is 0 Å². The summed E-state index contributed by atoms with van der Waals surface area (Å²) in [5.41, 5.74) is 8.09. The van der Waals surface area contributed by atoms with Crippen LogP contribution < -0.4 is 10.5 Å². The Hall–Kier alpha value is -3.72. The first-order valence-electron chi connectivity index (χ1n) is 9.27. The van der Waals surface area contributed by atoms with Gasteiger partial charge in [-0.25, -0.2) is 4.79 Å². The van der Waals surface area contributed by atoms with Crippen LogP contribution in [-0.4, -0.2) is 12.6 Å². The summed E-state index contributed by atoms with van der Waals surface area (Å²) < 4.78 is 16.5. The number of carbonyl (C=O) groups is 1. The maximum atomic E-state index is 12.6. The molecule has 0 radical (unpaired) electrons. The molecule has 0 spiro atoms. The van der Waals surface area contributed by atoms with Crippen molar-refractivity contribution in [2.24, 2.45) is 5.73 Å². The molecule has 1 aliphatic heterocycles. The molecule has 6 heteroatoms. The maximum Gasteiger partial charge on any atom is 0.338 e. The lowest BCUT2D eigenvalue weighted by molar-refractivity contribution is -0.139. The van der Waals surface area contributed by atoms with E-state index in [0.29, 0.717) is 23.7 Å². The third-order valence-corrected chi connectivity index (χ3v) is 4.54. The third kappa shape index (κ3) is 4.41. The Morgan fingerprint density at radius 3 is 2.66 bits per heavy atom. The number of nitrogens with two attached hydrogens (primary N) is 1. The van der Waals surface area contributed by atoms with Crippen LogP contribution in [0.4, 0.5) is 0 Å². The maximum absolute atomic E-state index is 12.6. The number of esters is 1. The number of rotatable bonds is 6. The molecule has 6 nitrogen and oxygen atoms in total. The van der Waals surface area contributed by atoms with E-state index < -0.39 is 11.9 Å². The molecule has 0 saturated carbocycles. The second-order valence-corrected chi connectivity index (χ2v) is 6.46. The number of benzene rings is 2. The molecule has 2 N–H and O–H groups in total. The molecule has 1 heterocycles. The molecule has 1 atom stereocenters. The Labute approximate surface area is 169 Å². The summed E-state index contributed by atoms with van der Waals surface area (Å²) in [4.78, 5) is 12.6. The molecule has 2 aromatic carbocycles. The lowest BCUT2D eigenvalue weighted by Gasteiger charge is -2.27. The Morgan fingerprint density at radius 1 is 1.21 bits per heavy atom. The van der Waals surface area contributed by atoms with Crippen molar-refractivity contribution >= 4 is 5.97 Å². The molecule has 0 fully saturated rings. The van der Waals surface area contributed by atoms with Crippen LogP contribution in [0, 0.1) is 11.3 Å². The zero-order valence-electron chi connectivity index (χ0n) is 16.3. The first-order valence-corrected chi connectivity index (χ1v) is 9.27. The molecular formula is C23H22N2O4. The number of nitriles is 1. The highest BCUT2D eigenvalue weighted by Gasteiger charge is 2.36. The summed E-state index contributed by atoms with van der Waals surface area (Å²) in [5, 5.41) is 9.66. The van der Waals surface area contributed by atoms with Gasteiger partial charge in [-0.3, -0.25) is 0 Å². The van der Waals surface area contributed by atoms with Gasteiger partial charge in [-0.15, -0.1) is 0 Å². The van der Waals surface area contributed by atoms with Gasteiger partial charge >= 0.3 is 5.97 Å². The fourth-order valence-corrected chi connectivity index (χ4v) is 3.21. The third-order valence-electron chi connectivity index (χ3n) is 4.54. The van der Waals surface area contributed by atoms with Gasteiger partial charge in [-0.1, -0.05) is 42.5 Å². The van der Waals surface area contributed by atoms with Crippen molar-refractivity contribution in [3.63, 3.8) is 0 Å². The minimum Gasteiger partial charge on any atom is -0.489 e. The molecule has 0 aromatic heterocycles. The molecule has 148 valence electrons. The second-order valence-electron chi connectivity index (χ2n) is 6.46. The highest BCUT2D eigenvalue weighted by atomic mass is 16.5. The highest BCUT2D eigenvalue weighted by Crippen LogP contribution is 2.40. The van der Waals surface area contributed by atoms with Crippen molar-refractivity contribution in [1.29, 1.82) is 5.26 Å². The molecular weight excluding hydrogens is 368 g/mol. The molecule has 1 unspecified atom stereocenters. The fourth-order valence-electron chi connectivity index (χ4n) is 3.21. The Kier molecular flexibility index (Phi) is 6.20. The number of nitrogens with zero attached hydrogens (tertiary/aromatic N) is 1. The second kappa shape index (κ2) is 8.98. The fraction of sp³-hybridized carbons (Fsp3) is 0.217. The van der Waals surface area contributed by atoms with Gasteiger partial charge in [0.05, 0.1) is 18.1 Å². The van der Waals surface area contributed by atoms with E-state index in [-0.39, 0.29) is 23.6 Å².